The Morgan fingerprint density at radius 2 is 1.97 bits per heavy atom. The van der Waals surface area contributed by atoms with Gasteiger partial charge >= 0.3 is 0 Å². The average molecular weight is 410 g/mol. The zero-order valence-electron chi connectivity index (χ0n) is 16.0. The number of carbonyl (C=O) groups excluding carboxylic acids is 2. The number of hydrogen-bond donors (Lipinski definition) is 1. The molecule has 2 N–H and O–H groups in total. The molecule has 3 rings (SSSR count). The number of primary amides is 1. The van der Waals surface area contributed by atoms with Crippen molar-refractivity contribution in [3.05, 3.63) is 67.0 Å². The Labute approximate surface area is 173 Å². The lowest BCUT2D eigenvalue weighted by Crippen LogP contribution is -2.35. The van der Waals surface area contributed by atoms with Crippen LogP contribution in [0.4, 0.5) is 5.69 Å². The Bertz CT molecular complexity index is 975. The fraction of sp³-hybridized carbons (Fsp3) is 0.190. The molecular formula is C21H22N4O3S. The van der Waals surface area contributed by atoms with Crippen molar-refractivity contribution < 1.29 is 14.3 Å². The molecule has 8 heteroatoms. The third-order valence-electron chi connectivity index (χ3n) is 4.21. The van der Waals surface area contributed by atoms with Crippen LogP contribution in [-0.4, -0.2) is 40.8 Å². The number of aromatic nitrogens is 2. The first-order valence-corrected chi connectivity index (χ1v) is 10.0. The van der Waals surface area contributed by atoms with E-state index in [1.54, 1.807) is 18.2 Å². The zero-order chi connectivity index (χ0) is 20.6. The monoisotopic (exact) mass is 410 g/mol. The van der Waals surface area contributed by atoms with Gasteiger partial charge < -0.3 is 15.4 Å². The first kappa shape index (κ1) is 20.5. The molecule has 0 spiro atoms. The third kappa shape index (κ3) is 5.39. The number of methoxy groups -OCH3 is 1. The number of rotatable bonds is 9. The highest BCUT2D eigenvalue weighted by Gasteiger charge is 2.18. The number of nitrogens with zero attached hydrogens (tertiary/aromatic N) is 3. The van der Waals surface area contributed by atoms with E-state index < -0.39 is 5.91 Å². The van der Waals surface area contributed by atoms with Crippen molar-refractivity contribution >= 4 is 29.3 Å². The fourth-order valence-electron chi connectivity index (χ4n) is 2.79. The SMILES string of the molecule is COc1cccc(-n2ccnc2SCC(=O)N(CCC(N)=O)c2ccccc2)c1. The zero-order valence-corrected chi connectivity index (χ0v) is 16.8. The van der Waals surface area contributed by atoms with Crippen LogP contribution in [0, 0.1) is 0 Å². The van der Waals surface area contributed by atoms with Crippen molar-refractivity contribution in [2.45, 2.75) is 11.6 Å². The molecule has 0 bridgehead atoms. The number of benzene rings is 2. The van der Waals surface area contributed by atoms with Crippen molar-refractivity contribution in [1.82, 2.24) is 9.55 Å². The van der Waals surface area contributed by atoms with Crippen molar-refractivity contribution in [2.75, 3.05) is 24.3 Å². The van der Waals surface area contributed by atoms with Crippen molar-refractivity contribution in [2.24, 2.45) is 5.73 Å². The summed E-state index contributed by atoms with van der Waals surface area (Å²) in [7, 11) is 1.62. The van der Waals surface area contributed by atoms with Gasteiger partial charge in [-0.15, -0.1) is 0 Å². The second-order valence-electron chi connectivity index (χ2n) is 6.17. The lowest BCUT2D eigenvalue weighted by atomic mass is 10.2. The van der Waals surface area contributed by atoms with E-state index in [0.29, 0.717) is 5.16 Å². The average Bonchev–Trinajstić information content (AvgIpc) is 3.21. The molecule has 0 aliphatic carbocycles. The Balaban J connectivity index is 1.73. The number of amides is 2. The number of imidazole rings is 1. The minimum Gasteiger partial charge on any atom is -0.497 e. The van der Waals surface area contributed by atoms with E-state index >= 15 is 0 Å². The maximum absolute atomic E-state index is 12.9. The quantitative estimate of drug-likeness (QED) is 0.548. The first-order valence-electron chi connectivity index (χ1n) is 9.03. The molecule has 0 aliphatic rings. The third-order valence-corrected chi connectivity index (χ3v) is 5.17. The molecular weight excluding hydrogens is 388 g/mol. The minimum atomic E-state index is -0.444. The van der Waals surface area contributed by atoms with Gasteiger partial charge in [-0.25, -0.2) is 4.98 Å². The molecule has 29 heavy (non-hydrogen) atoms. The first-order chi connectivity index (χ1) is 14.1. The number of ether oxygens (including phenoxy) is 1. The van der Waals surface area contributed by atoms with Crippen LogP contribution < -0.4 is 15.4 Å². The molecule has 1 heterocycles. The smallest absolute Gasteiger partial charge is 0.237 e. The summed E-state index contributed by atoms with van der Waals surface area (Å²) in [6.07, 6.45) is 3.63. The van der Waals surface area contributed by atoms with E-state index in [0.717, 1.165) is 17.1 Å². The Hall–Kier alpha value is -3.26. The number of para-hydroxylation sites is 1. The van der Waals surface area contributed by atoms with E-state index in [1.807, 2.05) is 65.4 Å². The fourth-order valence-corrected chi connectivity index (χ4v) is 3.63. The Kier molecular flexibility index (Phi) is 6.91. The maximum atomic E-state index is 12.9. The standard InChI is InChI=1S/C21H22N4O3S/c1-28-18-9-5-8-17(14-18)25-13-11-23-21(25)29-15-20(27)24(12-10-19(22)26)16-6-3-2-4-7-16/h2-9,11,13-14H,10,12,15H2,1H3,(H2,22,26). The second-order valence-corrected chi connectivity index (χ2v) is 7.11. The lowest BCUT2D eigenvalue weighted by Gasteiger charge is -2.22. The van der Waals surface area contributed by atoms with Crippen molar-refractivity contribution in [3.63, 3.8) is 0 Å². The van der Waals surface area contributed by atoms with Crippen LogP contribution in [0.25, 0.3) is 5.69 Å². The molecule has 0 aliphatic heterocycles. The normalized spacial score (nSPS) is 10.5. The molecule has 0 radical (unpaired) electrons. The molecule has 0 saturated carbocycles. The summed E-state index contributed by atoms with van der Waals surface area (Å²) in [5.74, 6) is 0.349. The lowest BCUT2D eigenvalue weighted by molar-refractivity contribution is -0.118. The van der Waals surface area contributed by atoms with Gasteiger partial charge in [-0.05, 0) is 24.3 Å². The number of hydrogen-bond acceptors (Lipinski definition) is 5. The number of thioether (sulfide) groups is 1. The highest BCUT2D eigenvalue weighted by Crippen LogP contribution is 2.24. The summed E-state index contributed by atoms with van der Waals surface area (Å²) >= 11 is 1.33. The predicted octanol–water partition coefficient (Wildman–Crippen LogP) is 2.88. The van der Waals surface area contributed by atoms with E-state index in [4.69, 9.17) is 10.5 Å². The summed E-state index contributed by atoms with van der Waals surface area (Å²) in [4.78, 5) is 30.1. The summed E-state index contributed by atoms with van der Waals surface area (Å²) < 4.78 is 7.18. The summed E-state index contributed by atoms with van der Waals surface area (Å²) in [5, 5.41) is 0.689. The van der Waals surface area contributed by atoms with Gasteiger partial charge in [0.25, 0.3) is 0 Å². The van der Waals surface area contributed by atoms with Gasteiger partial charge in [0, 0.05) is 37.1 Å². The van der Waals surface area contributed by atoms with Crippen LogP contribution in [0.5, 0.6) is 5.75 Å². The van der Waals surface area contributed by atoms with Gasteiger partial charge in [0.1, 0.15) is 5.75 Å². The van der Waals surface area contributed by atoms with Crippen LogP contribution >= 0.6 is 11.8 Å². The van der Waals surface area contributed by atoms with E-state index in [-0.39, 0.29) is 24.6 Å². The summed E-state index contributed by atoms with van der Waals surface area (Å²) in [5.41, 5.74) is 6.90. The van der Waals surface area contributed by atoms with Crippen LogP contribution in [-0.2, 0) is 9.59 Å². The molecule has 3 aromatic rings. The van der Waals surface area contributed by atoms with Crippen LogP contribution in [0.15, 0.2) is 72.1 Å². The Morgan fingerprint density at radius 1 is 1.17 bits per heavy atom. The molecule has 2 amide bonds. The number of carbonyl (C=O) groups is 2. The van der Waals surface area contributed by atoms with Crippen LogP contribution in [0.1, 0.15) is 6.42 Å². The second kappa shape index (κ2) is 9.79. The number of nitrogens with two attached hydrogens (primary N) is 1. The minimum absolute atomic E-state index is 0.101. The van der Waals surface area contributed by atoms with Gasteiger partial charge in [-0.3, -0.25) is 14.2 Å². The molecule has 0 unspecified atom stereocenters. The van der Waals surface area contributed by atoms with Crippen LogP contribution in [0.2, 0.25) is 0 Å². The predicted molar refractivity (Wildman–Crippen MR) is 113 cm³/mol. The van der Waals surface area contributed by atoms with Crippen molar-refractivity contribution in [1.29, 1.82) is 0 Å². The molecule has 7 nitrogen and oxygen atoms in total. The highest BCUT2D eigenvalue weighted by atomic mass is 32.2. The molecule has 0 atom stereocenters. The molecule has 2 aromatic carbocycles. The van der Waals surface area contributed by atoms with Gasteiger partial charge in [0.15, 0.2) is 5.16 Å². The van der Waals surface area contributed by atoms with E-state index in [9.17, 15) is 9.59 Å². The molecule has 0 fully saturated rings. The highest BCUT2D eigenvalue weighted by molar-refractivity contribution is 7.99. The molecule has 0 saturated heterocycles. The van der Waals surface area contributed by atoms with Crippen molar-refractivity contribution in [3.8, 4) is 11.4 Å². The van der Waals surface area contributed by atoms with Gasteiger partial charge in [0.05, 0.1) is 18.6 Å². The van der Waals surface area contributed by atoms with E-state index in [1.165, 1.54) is 11.8 Å². The van der Waals surface area contributed by atoms with Gasteiger partial charge in [-0.2, -0.15) is 0 Å². The van der Waals surface area contributed by atoms with Gasteiger partial charge in [0.2, 0.25) is 11.8 Å². The summed E-state index contributed by atoms with van der Waals surface area (Å²) in [6.45, 7) is 0.239. The maximum Gasteiger partial charge on any atom is 0.237 e. The topological polar surface area (TPSA) is 90.5 Å². The largest absolute Gasteiger partial charge is 0.497 e. The molecule has 150 valence electrons. The van der Waals surface area contributed by atoms with Gasteiger partial charge in [-0.1, -0.05) is 36.0 Å². The molecule has 1 aromatic heterocycles. The van der Waals surface area contributed by atoms with E-state index in [2.05, 4.69) is 4.98 Å². The Morgan fingerprint density at radius 3 is 2.69 bits per heavy atom. The van der Waals surface area contributed by atoms with Crippen LogP contribution in [0.3, 0.4) is 0 Å². The number of anilines is 1. The summed E-state index contributed by atoms with van der Waals surface area (Å²) in [6, 6.07) is 16.9.